The SMILES string of the molecule is Cc1ccc(N=C(/C(Cl)=C(\N)c2ccc(C)cc2)c2ccccc2)cc1. The maximum atomic E-state index is 6.71. The van der Waals surface area contributed by atoms with Gasteiger partial charge in [-0.3, -0.25) is 0 Å². The first-order chi connectivity index (χ1) is 12.5. The summed E-state index contributed by atoms with van der Waals surface area (Å²) in [6, 6.07) is 25.9. The van der Waals surface area contributed by atoms with Crippen LogP contribution in [0.3, 0.4) is 0 Å². The second-order valence-corrected chi connectivity index (χ2v) is 6.63. The van der Waals surface area contributed by atoms with Gasteiger partial charge in [0.15, 0.2) is 0 Å². The normalized spacial score (nSPS) is 12.7. The van der Waals surface area contributed by atoms with Crippen LogP contribution < -0.4 is 5.73 Å². The maximum absolute atomic E-state index is 6.71. The number of aliphatic imine (C=N–C) groups is 1. The van der Waals surface area contributed by atoms with E-state index in [9.17, 15) is 0 Å². The Hall–Kier alpha value is -2.84. The summed E-state index contributed by atoms with van der Waals surface area (Å²) in [4.78, 5) is 4.78. The Morgan fingerprint density at radius 2 is 1.27 bits per heavy atom. The number of benzene rings is 3. The number of nitrogens with zero attached hydrogens (tertiary/aromatic N) is 1. The van der Waals surface area contributed by atoms with Gasteiger partial charge in [0.2, 0.25) is 0 Å². The monoisotopic (exact) mass is 360 g/mol. The van der Waals surface area contributed by atoms with Crippen molar-refractivity contribution in [2.75, 3.05) is 0 Å². The van der Waals surface area contributed by atoms with Crippen molar-refractivity contribution in [1.82, 2.24) is 0 Å². The number of hydrogen-bond acceptors (Lipinski definition) is 2. The second-order valence-electron chi connectivity index (χ2n) is 6.26. The minimum atomic E-state index is 0.445. The van der Waals surface area contributed by atoms with Crippen LogP contribution in [-0.2, 0) is 0 Å². The van der Waals surface area contributed by atoms with Gasteiger partial charge in [-0.1, -0.05) is 89.5 Å². The van der Waals surface area contributed by atoms with Crippen LogP contribution in [0.25, 0.3) is 5.70 Å². The Morgan fingerprint density at radius 1 is 0.731 bits per heavy atom. The van der Waals surface area contributed by atoms with E-state index in [1.807, 2.05) is 92.7 Å². The molecule has 26 heavy (non-hydrogen) atoms. The van der Waals surface area contributed by atoms with Crippen molar-refractivity contribution in [1.29, 1.82) is 0 Å². The zero-order valence-electron chi connectivity index (χ0n) is 14.9. The Labute approximate surface area is 159 Å². The third-order valence-electron chi connectivity index (χ3n) is 4.13. The standard InChI is InChI=1S/C23H21ClN2/c1-16-8-12-18(13-9-16)22(25)21(24)23(19-6-4-3-5-7-19)26-20-14-10-17(2)11-15-20/h3-15H,25H2,1-2H3/b22-21+,26-23?. The van der Waals surface area contributed by atoms with Crippen molar-refractivity contribution in [3.63, 3.8) is 0 Å². The second kappa shape index (κ2) is 8.03. The van der Waals surface area contributed by atoms with E-state index in [0.717, 1.165) is 16.8 Å². The van der Waals surface area contributed by atoms with Gasteiger partial charge >= 0.3 is 0 Å². The van der Waals surface area contributed by atoms with Gasteiger partial charge < -0.3 is 5.73 Å². The third kappa shape index (κ3) is 4.22. The zero-order chi connectivity index (χ0) is 18.5. The van der Waals surface area contributed by atoms with Gasteiger partial charge in [-0.25, -0.2) is 4.99 Å². The van der Waals surface area contributed by atoms with Crippen LogP contribution in [0, 0.1) is 13.8 Å². The summed E-state index contributed by atoms with van der Waals surface area (Å²) in [5.41, 5.74) is 12.6. The van der Waals surface area contributed by atoms with Gasteiger partial charge in [-0.2, -0.15) is 0 Å². The smallest absolute Gasteiger partial charge is 0.0916 e. The Bertz CT molecular complexity index is 938. The molecule has 0 amide bonds. The summed E-state index contributed by atoms with van der Waals surface area (Å²) in [6.07, 6.45) is 0. The molecule has 3 rings (SSSR count). The summed E-state index contributed by atoms with van der Waals surface area (Å²) in [5, 5.41) is 0.445. The average Bonchev–Trinajstić information content (AvgIpc) is 2.68. The van der Waals surface area contributed by atoms with E-state index in [1.54, 1.807) is 0 Å². The van der Waals surface area contributed by atoms with Gasteiger partial charge in [0, 0.05) is 5.56 Å². The molecule has 0 aliphatic carbocycles. The first-order valence-corrected chi connectivity index (χ1v) is 8.86. The zero-order valence-corrected chi connectivity index (χ0v) is 15.7. The number of aryl methyl sites for hydroxylation is 2. The van der Waals surface area contributed by atoms with E-state index >= 15 is 0 Å². The topological polar surface area (TPSA) is 38.4 Å². The summed E-state index contributed by atoms with van der Waals surface area (Å²) in [7, 11) is 0. The minimum Gasteiger partial charge on any atom is -0.397 e. The van der Waals surface area contributed by atoms with Crippen molar-refractivity contribution in [2.45, 2.75) is 13.8 Å². The molecule has 0 saturated heterocycles. The summed E-state index contributed by atoms with van der Waals surface area (Å²) in [5.74, 6) is 0. The number of rotatable bonds is 4. The highest BCUT2D eigenvalue weighted by Gasteiger charge is 2.13. The highest BCUT2D eigenvalue weighted by molar-refractivity contribution is 6.49. The molecule has 0 heterocycles. The van der Waals surface area contributed by atoms with E-state index in [1.165, 1.54) is 11.1 Å². The van der Waals surface area contributed by atoms with Crippen LogP contribution in [-0.4, -0.2) is 5.71 Å². The molecule has 0 spiro atoms. The van der Waals surface area contributed by atoms with E-state index < -0.39 is 0 Å². The number of nitrogens with two attached hydrogens (primary N) is 1. The van der Waals surface area contributed by atoms with Gasteiger partial charge in [-0.05, 0) is 31.5 Å². The Morgan fingerprint density at radius 3 is 1.85 bits per heavy atom. The van der Waals surface area contributed by atoms with Gasteiger partial charge in [0.1, 0.15) is 0 Å². The van der Waals surface area contributed by atoms with Crippen LogP contribution in [0.5, 0.6) is 0 Å². The third-order valence-corrected chi connectivity index (χ3v) is 4.51. The largest absolute Gasteiger partial charge is 0.397 e. The predicted molar refractivity (Wildman–Crippen MR) is 112 cm³/mol. The lowest BCUT2D eigenvalue weighted by molar-refractivity contribution is 1.42. The average molecular weight is 361 g/mol. The molecule has 0 aromatic heterocycles. The molecule has 0 fully saturated rings. The first-order valence-electron chi connectivity index (χ1n) is 8.48. The highest BCUT2D eigenvalue weighted by Crippen LogP contribution is 2.25. The summed E-state index contributed by atoms with van der Waals surface area (Å²) < 4.78 is 0. The van der Waals surface area contributed by atoms with Crippen LogP contribution in [0.15, 0.2) is 88.9 Å². The molecule has 0 aliphatic heterocycles. The van der Waals surface area contributed by atoms with Gasteiger partial charge in [-0.15, -0.1) is 0 Å². The van der Waals surface area contributed by atoms with E-state index in [-0.39, 0.29) is 0 Å². The van der Waals surface area contributed by atoms with Crippen molar-refractivity contribution < 1.29 is 0 Å². The molecule has 0 saturated carbocycles. The van der Waals surface area contributed by atoms with Crippen molar-refractivity contribution >= 4 is 28.7 Å². The van der Waals surface area contributed by atoms with E-state index in [0.29, 0.717) is 16.4 Å². The molecular formula is C23H21ClN2. The molecule has 2 N–H and O–H groups in total. The van der Waals surface area contributed by atoms with Gasteiger partial charge in [0.05, 0.1) is 22.1 Å². The van der Waals surface area contributed by atoms with Crippen molar-refractivity contribution in [2.24, 2.45) is 10.7 Å². The lowest BCUT2D eigenvalue weighted by atomic mass is 10.0. The quantitative estimate of drug-likeness (QED) is 0.570. The summed E-state index contributed by atoms with van der Waals surface area (Å²) >= 11 is 6.71. The van der Waals surface area contributed by atoms with Crippen molar-refractivity contribution in [3.05, 3.63) is 106 Å². The molecule has 0 aliphatic rings. The fourth-order valence-corrected chi connectivity index (χ4v) is 2.83. The fourth-order valence-electron chi connectivity index (χ4n) is 2.57. The maximum Gasteiger partial charge on any atom is 0.0916 e. The number of allylic oxidation sites excluding steroid dienone is 1. The molecule has 3 aromatic rings. The molecule has 0 atom stereocenters. The molecule has 3 aromatic carbocycles. The lowest BCUT2D eigenvalue weighted by Gasteiger charge is -2.11. The molecule has 0 bridgehead atoms. The lowest BCUT2D eigenvalue weighted by Crippen LogP contribution is -2.08. The predicted octanol–water partition coefficient (Wildman–Crippen LogP) is 5.99. The van der Waals surface area contributed by atoms with E-state index in [4.69, 9.17) is 22.3 Å². The highest BCUT2D eigenvalue weighted by atomic mass is 35.5. The molecule has 2 nitrogen and oxygen atoms in total. The molecule has 0 unspecified atom stereocenters. The fraction of sp³-hybridized carbons (Fsp3) is 0.0870. The van der Waals surface area contributed by atoms with Crippen LogP contribution in [0.2, 0.25) is 0 Å². The number of halogens is 1. The van der Waals surface area contributed by atoms with Crippen LogP contribution in [0.4, 0.5) is 5.69 Å². The molecule has 130 valence electrons. The minimum absolute atomic E-state index is 0.445. The van der Waals surface area contributed by atoms with Crippen LogP contribution in [0.1, 0.15) is 22.3 Å². The molecular weight excluding hydrogens is 340 g/mol. The van der Waals surface area contributed by atoms with Gasteiger partial charge in [0.25, 0.3) is 0 Å². The molecule has 3 heteroatoms. The van der Waals surface area contributed by atoms with Crippen molar-refractivity contribution in [3.8, 4) is 0 Å². The summed E-state index contributed by atoms with van der Waals surface area (Å²) in [6.45, 7) is 4.09. The number of hydrogen-bond donors (Lipinski definition) is 1. The molecule has 0 radical (unpaired) electrons. The Kier molecular flexibility index (Phi) is 5.55. The van der Waals surface area contributed by atoms with E-state index in [2.05, 4.69) is 0 Å². The first kappa shape index (κ1) is 18.0. The Balaban J connectivity index is 2.12. The van der Waals surface area contributed by atoms with Crippen LogP contribution >= 0.6 is 11.6 Å².